The molecule has 1 N–H and O–H groups in total. The number of aryl methyl sites for hydroxylation is 1. The Balaban J connectivity index is 2.25. The lowest BCUT2D eigenvalue weighted by atomic mass is 9.88. The second-order valence-corrected chi connectivity index (χ2v) is 5.64. The molecule has 1 aromatic rings. The number of rotatable bonds is 5. The number of carbonyl (C=O) groups is 1. The Labute approximate surface area is 106 Å². The highest BCUT2D eigenvalue weighted by Gasteiger charge is 2.34. The highest BCUT2D eigenvalue weighted by atomic mass is 32.2. The van der Waals surface area contributed by atoms with Crippen LogP contribution in [0.4, 0.5) is 0 Å². The zero-order valence-corrected chi connectivity index (χ0v) is 11.1. The summed E-state index contributed by atoms with van der Waals surface area (Å²) in [4.78, 5) is 12.2. The van der Waals surface area contributed by atoms with E-state index in [2.05, 4.69) is 31.4 Å². The number of thioether (sulfide) groups is 1. The van der Waals surface area contributed by atoms with Crippen molar-refractivity contribution in [1.29, 1.82) is 0 Å². The summed E-state index contributed by atoms with van der Waals surface area (Å²) in [6.45, 7) is 2.09. The van der Waals surface area contributed by atoms with E-state index >= 15 is 0 Å². The van der Waals surface area contributed by atoms with E-state index in [0.717, 1.165) is 0 Å². The lowest BCUT2D eigenvalue weighted by molar-refractivity contribution is -0.137. The molecule has 1 atom stereocenters. The quantitative estimate of drug-likeness (QED) is 0.810. The molecule has 0 spiro atoms. The maximum atomic E-state index is 10.9. The van der Waals surface area contributed by atoms with Crippen molar-refractivity contribution < 1.29 is 9.90 Å². The van der Waals surface area contributed by atoms with Crippen LogP contribution in [0.25, 0.3) is 0 Å². The predicted octanol–water partition coefficient (Wildman–Crippen LogP) is 3.69. The van der Waals surface area contributed by atoms with Crippen molar-refractivity contribution in [3.63, 3.8) is 0 Å². The maximum absolute atomic E-state index is 10.9. The Hall–Kier alpha value is -0.960. The van der Waals surface area contributed by atoms with Gasteiger partial charge in [0, 0.05) is 4.90 Å². The van der Waals surface area contributed by atoms with E-state index < -0.39 is 5.97 Å². The third kappa shape index (κ3) is 3.03. The van der Waals surface area contributed by atoms with Crippen molar-refractivity contribution in [2.45, 2.75) is 37.0 Å². The van der Waals surface area contributed by atoms with Crippen LogP contribution in [0.3, 0.4) is 0 Å². The van der Waals surface area contributed by atoms with Gasteiger partial charge in [0.15, 0.2) is 0 Å². The van der Waals surface area contributed by atoms with Crippen molar-refractivity contribution in [1.82, 2.24) is 0 Å². The molecule has 0 aliphatic heterocycles. The molecule has 1 fully saturated rings. The normalized spacial score (nSPS) is 16.8. The van der Waals surface area contributed by atoms with E-state index in [1.165, 1.54) is 28.9 Å². The van der Waals surface area contributed by atoms with Crippen molar-refractivity contribution in [2.75, 3.05) is 6.26 Å². The van der Waals surface area contributed by atoms with Crippen LogP contribution in [0.5, 0.6) is 0 Å². The molecule has 1 aromatic carbocycles. The Bertz CT molecular complexity index is 424. The monoisotopic (exact) mass is 250 g/mol. The Morgan fingerprint density at radius 2 is 2.24 bits per heavy atom. The van der Waals surface area contributed by atoms with Gasteiger partial charge in [-0.1, -0.05) is 6.07 Å². The van der Waals surface area contributed by atoms with Gasteiger partial charge >= 0.3 is 5.97 Å². The van der Waals surface area contributed by atoms with Crippen molar-refractivity contribution in [3.8, 4) is 0 Å². The number of hydrogen-bond donors (Lipinski definition) is 1. The molecule has 1 aliphatic carbocycles. The number of carboxylic acid groups (broad SMARTS) is 1. The van der Waals surface area contributed by atoms with Crippen molar-refractivity contribution >= 4 is 17.7 Å². The number of hydrogen-bond acceptors (Lipinski definition) is 2. The summed E-state index contributed by atoms with van der Waals surface area (Å²) in [6, 6.07) is 6.38. The molecule has 1 saturated carbocycles. The lowest BCUT2D eigenvalue weighted by Gasteiger charge is -2.17. The van der Waals surface area contributed by atoms with Crippen LogP contribution < -0.4 is 0 Å². The highest BCUT2D eigenvalue weighted by molar-refractivity contribution is 7.98. The van der Waals surface area contributed by atoms with Gasteiger partial charge in [0.2, 0.25) is 0 Å². The van der Waals surface area contributed by atoms with E-state index in [4.69, 9.17) is 5.11 Å². The molecule has 17 heavy (non-hydrogen) atoms. The fourth-order valence-corrected chi connectivity index (χ4v) is 2.91. The molecule has 3 heteroatoms. The molecule has 2 rings (SSSR count). The van der Waals surface area contributed by atoms with Gasteiger partial charge in [0.1, 0.15) is 0 Å². The second kappa shape index (κ2) is 5.13. The van der Waals surface area contributed by atoms with Crippen LogP contribution in [-0.2, 0) is 4.79 Å². The van der Waals surface area contributed by atoms with Gasteiger partial charge < -0.3 is 5.11 Å². The highest BCUT2D eigenvalue weighted by Crippen LogP contribution is 2.45. The molecule has 1 unspecified atom stereocenters. The molecule has 0 heterocycles. The van der Waals surface area contributed by atoms with Crippen LogP contribution in [0, 0.1) is 12.8 Å². The van der Waals surface area contributed by atoms with Crippen molar-refractivity contribution in [2.24, 2.45) is 5.92 Å². The maximum Gasteiger partial charge on any atom is 0.303 e. The summed E-state index contributed by atoms with van der Waals surface area (Å²) in [5, 5.41) is 9.01. The first-order valence-corrected chi connectivity index (χ1v) is 7.20. The topological polar surface area (TPSA) is 37.3 Å². The van der Waals surface area contributed by atoms with Gasteiger partial charge in [-0.05, 0) is 61.1 Å². The fourth-order valence-electron chi connectivity index (χ4n) is 2.41. The van der Waals surface area contributed by atoms with Crippen LogP contribution in [0.15, 0.2) is 23.1 Å². The van der Waals surface area contributed by atoms with Gasteiger partial charge in [-0.3, -0.25) is 4.79 Å². The van der Waals surface area contributed by atoms with Crippen molar-refractivity contribution in [3.05, 3.63) is 29.3 Å². The minimum absolute atomic E-state index is 0.211. The van der Waals surface area contributed by atoms with Gasteiger partial charge in [-0.25, -0.2) is 0 Å². The average molecular weight is 250 g/mol. The smallest absolute Gasteiger partial charge is 0.303 e. The summed E-state index contributed by atoms with van der Waals surface area (Å²) in [5.74, 6) is 0.114. The standard InChI is InChI=1S/C14H18O2S/c1-9-7-11(17-2)5-6-12(9)13(8-14(15)16)10-3-4-10/h5-7,10,13H,3-4,8H2,1-2H3,(H,15,16). The fraction of sp³-hybridized carbons (Fsp3) is 0.500. The molecular weight excluding hydrogens is 232 g/mol. The Kier molecular flexibility index (Phi) is 3.77. The van der Waals surface area contributed by atoms with E-state index in [9.17, 15) is 4.79 Å². The molecule has 0 aromatic heterocycles. The molecule has 1 aliphatic rings. The molecule has 92 valence electrons. The number of aliphatic carboxylic acids is 1. The first-order valence-electron chi connectivity index (χ1n) is 5.98. The molecule has 2 nitrogen and oxygen atoms in total. The zero-order chi connectivity index (χ0) is 12.4. The summed E-state index contributed by atoms with van der Waals surface area (Å²) in [6.07, 6.45) is 4.69. The third-order valence-electron chi connectivity index (χ3n) is 3.46. The number of carboxylic acids is 1. The minimum atomic E-state index is -0.685. The van der Waals surface area contributed by atoms with Gasteiger partial charge in [-0.15, -0.1) is 11.8 Å². The summed E-state index contributed by atoms with van der Waals surface area (Å²) in [5.41, 5.74) is 2.46. The Morgan fingerprint density at radius 3 is 2.71 bits per heavy atom. The van der Waals surface area contributed by atoms with E-state index in [0.29, 0.717) is 5.92 Å². The van der Waals surface area contributed by atoms with E-state index in [1.54, 1.807) is 11.8 Å². The summed E-state index contributed by atoms with van der Waals surface area (Å²) < 4.78 is 0. The van der Waals surface area contributed by atoms with Gasteiger partial charge in [0.05, 0.1) is 6.42 Å². The van der Waals surface area contributed by atoms with Gasteiger partial charge in [0.25, 0.3) is 0 Å². The van der Waals surface area contributed by atoms with Crippen LogP contribution in [-0.4, -0.2) is 17.3 Å². The first kappa shape index (κ1) is 12.5. The molecule has 0 saturated heterocycles. The Morgan fingerprint density at radius 1 is 1.53 bits per heavy atom. The third-order valence-corrected chi connectivity index (χ3v) is 4.19. The number of benzene rings is 1. The minimum Gasteiger partial charge on any atom is -0.481 e. The average Bonchev–Trinajstić information content (AvgIpc) is 3.09. The van der Waals surface area contributed by atoms with E-state index in [1.807, 2.05) is 0 Å². The molecule has 0 bridgehead atoms. The zero-order valence-electron chi connectivity index (χ0n) is 10.3. The SMILES string of the molecule is CSc1ccc(C(CC(=O)O)C2CC2)c(C)c1. The molecule has 0 radical (unpaired) electrons. The van der Waals surface area contributed by atoms with Crippen LogP contribution in [0.2, 0.25) is 0 Å². The lowest BCUT2D eigenvalue weighted by Crippen LogP contribution is -2.09. The summed E-state index contributed by atoms with van der Waals surface area (Å²) >= 11 is 1.72. The largest absolute Gasteiger partial charge is 0.481 e. The molecular formula is C14H18O2S. The second-order valence-electron chi connectivity index (χ2n) is 4.76. The van der Waals surface area contributed by atoms with Gasteiger partial charge in [-0.2, -0.15) is 0 Å². The first-order chi connectivity index (χ1) is 8.11. The van der Waals surface area contributed by atoms with Crippen LogP contribution >= 0.6 is 11.8 Å². The van der Waals surface area contributed by atoms with Crippen LogP contribution in [0.1, 0.15) is 36.3 Å². The predicted molar refractivity (Wildman–Crippen MR) is 70.7 cm³/mol. The van der Waals surface area contributed by atoms with E-state index in [-0.39, 0.29) is 12.3 Å². The summed E-state index contributed by atoms with van der Waals surface area (Å²) in [7, 11) is 0. The molecule has 0 amide bonds.